The van der Waals surface area contributed by atoms with Crippen molar-refractivity contribution in [3.63, 3.8) is 0 Å². The van der Waals surface area contributed by atoms with Gasteiger partial charge in [0.15, 0.2) is 0 Å². The zero-order valence-electron chi connectivity index (χ0n) is 21.1. The zero-order chi connectivity index (χ0) is 25.1. The van der Waals surface area contributed by atoms with E-state index in [0.717, 1.165) is 22.5 Å². The Kier molecular flexibility index (Phi) is 5.02. The van der Waals surface area contributed by atoms with Crippen LogP contribution < -0.4 is 0 Å². The van der Waals surface area contributed by atoms with Gasteiger partial charge in [-0.15, -0.1) is 11.3 Å². The Morgan fingerprint density at radius 1 is 0.703 bits per heavy atom. The molecule has 0 atom stereocenters. The van der Waals surface area contributed by atoms with Gasteiger partial charge in [0.25, 0.3) is 0 Å². The number of benzene rings is 5. The number of rotatable bonds is 3. The Morgan fingerprint density at radius 2 is 1.46 bits per heavy atom. The van der Waals surface area contributed by atoms with Gasteiger partial charge in [-0.25, -0.2) is 4.98 Å². The number of para-hydroxylation sites is 2. The number of aryl methyl sites for hydroxylation is 3. The molecule has 0 unspecified atom stereocenters. The highest BCUT2D eigenvalue weighted by atomic mass is 32.1. The Hall–Kier alpha value is -4.21. The van der Waals surface area contributed by atoms with Crippen LogP contribution in [0.5, 0.6) is 0 Å². The smallest absolute Gasteiger partial charge is 0.147 e. The van der Waals surface area contributed by atoms with Crippen molar-refractivity contribution >= 4 is 43.2 Å². The molecular formula is C34H26N2S. The van der Waals surface area contributed by atoms with E-state index in [9.17, 15) is 0 Å². The van der Waals surface area contributed by atoms with Gasteiger partial charge in [0.05, 0.1) is 11.0 Å². The minimum atomic E-state index is 0.991. The molecule has 0 spiro atoms. The van der Waals surface area contributed by atoms with E-state index in [1.54, 1.807) is 11.3 Å². The molecular weight excluding hydrogens is 468 g/mol. The van der Waals surface area contributed by atoms with Crippen LogP contribution in [0.25, 0.3) is 60.1 Å². The highest BCUT2D eigenvalue weighted by Gasteiger charge is 2.19. The van der Waals surface area contributed by atoms with Crippen molar-refractivity contribution in [1.82, 2.24) is 9.55 Å². The Bertz CT molecular complexity index is 1930. The molecule has 0 saturated carbocycles. The molecule has 0 saturated heterocycles. The molecule has 7 aromatic rings. The van der Waals surface area contributed by atoms with Crippen LogP contribution in [0.2, 0.25) is 0 Å². The second kappa shape index (κ2) is 8.43. The van der Waals surface area contributed by atoms with Crippen molar-refractivity contribution in [3.8, 4) is 28.2 Å². The third-order valence-electron chi connectivity index (χ3n) is 7.33. The van der Waals surface area contributed by atoms with Gasteiger partial charge in [0.2, 0.25) is 0 Å². The molecule has 2 aromatic heterocycles. The van der Waals surface area contributed by atoms with Gasteiger partial charge >= 0.3 is 0 Å². The van der Waals surface area contributed by atoms with E-state index < -0.39 is 0 Å². The maximum absolute atomic E-state index is 5.19. The lowest BCUT2D eigenvalue weighted by atomic mass is 9.95. The zero-order valence-corrected chi connectivity index (χ0v) is 21.9. The number of imidazole rings is 1. The first kappa shape index (κ1) is 22.0. The Labute approximate surface area is 220 Å². The largest absolute Gasteiger partial charge is 0.292 e. The first-order valence-corrected chi connectivity index (χ1v) is 13.5. The van der Waals surface area contributed by atoms with E-state index in [4.69, 9.17) is 4.98 Å². The molecule has 0 amide bonds. The van der Waals surface area contributed by atoms with Crippen LogP contribution in [0, 0.1) is 20.8 Å². The van der Waals surface area contributed by atoms with Crippen LogP contribution in [-0.4, -0.2) is 9.55 Å². The Morgan fingerprint density at radius 3 is 2.27 bits per heavy atom. The SMILES string of the molecule is Cc1ccc2cc3c(-c4nc5ccccc5n4-c4cc(C)c(-c5ccccc5)c(C)c4)csc3cc2c1. The van der Waals surface area contributed by atoms with E-state index >= 15 is 0 Å². The summed E-state index contributed by atoms with van der Waals surface area (Å²) in [5, 5.41) is 6.08. The molecule has 0 N–H and O–H groups in total. The molecule has 7 rings (SSSR count). The predicted molar refractivity (Wildman–Crippen MR) is 159 cm³/mol. The second-order valence-corrected chi connectivity index (χ2v) is 10.8. The number of hydrogen-bond acceptors (Lipinski definition) is 2. The molecule has 5 aromatic carbocycles. The maximum atomic E-state index is 5.19. The summed E-state index contributed by atoms with van der Waals surface area (Å²) >= 11 is 1.80. The van der Waals surface area contributed by atoms with E-state index in [1.807, 2.05) is 0 Å². The lowest BCUT2D eigenvalue weighted by Gasteiger charge is -2.16. The average Bonchev–Trinajstić information content (AvgIpc) is 3.48. The van der Waals surface area contributed by atoms with Gasteiger partial charge in [-0.3, -0.25) is 4.57 Å². The van der Waals surface area contributed by atoms with E-state index in [-0.39, 0.29) is 0 Å². The summed E-state index contributed by atoms with van der Waals surface area (Å²) in [5.41, 5.74) is 10.8. The molecule has 0 aliphatic rings. The van der Waals surface area contributed by atoms with Crippen LogP contribution >= 0.6 is 11.3 Å². The van der Waals surface area contributed by atoms with Gasteiger partial charge in [-0.05, 0) is 90.2 Å². The molecule has 2 nitrogen and oxygen atoms in total. The molecule has 178 valence electrons. The summed E-state index contributed by atoms with van der Waals surface area (Å²) in [6.45, 7) is 6.58. The second-order valence-electron chi connectivity index (χ2n) is 9.93. The monoisotopic (exact) mass is 494 g/mol. The molecule has 0 aliphatic carbocycles. The summed E-state index contributed by atoms with van der Waals surface area (Å²) in [5.74, 6) is 0.991. The third kappa shape index (κ3) is 3.58. The summed E-state index contributed by atoms with van der Waals surface area (Å²) in [6.07, 6.45) is 0. The van der Waals surface area contributed by atoms with Crippen LogP contribution in [0.4, 0.5) is 0 Å². The van der Waals surface area contributed by atoms with Crippen molar-refractivity contribution in [2.75, 3.05) is 0 Å². The molecule has 2 heterocycles. The lowest BCUT2D eigenvalue weighted by Crippen LogP contribution is -2.00. The summed E-state index contributed by atoms with van der Waals surface area (Å²) in [7, 11) is 0. The number of hydrogen-bond donors (Lipinski definition) is 0. The van der Waals surface area contributed by atoms with Crippen molar-refractivity contribution in [2.45, 2.75) is 20.8 Å². The topological polar surface area (TPSA) is 17.8 Å². The van der Waals surface area contributed by atoms with Gasteiger partial charge in [-0.2, -0.15) is 0 Å². The number of thiophene rings is 1. The van der Waals surface area contributed by atoms with Crippen molar-refractivity contribution in [1.29, 1.82) is 0 Å². The minimum absolute atomic E-state index is 0.991. The Balaban J connectivity index is 1.48. The first-order chi connectivity index (χ1) is 18.1. The van der Waals surface area contributed by atoms with Crippen LogP contribution in [0.3, 0.4) is 0 Å². The maximum Gasteiger partial charge on any atom is 0.147 e. The van der Waals surface area contributed by atoms with E-state index in [2.05, 4.69) is 128 Å². The molecule has 0 aliphatic heterocycles. The van der Waals surface area contributed by atoms with Crippen LogP contribution in [0.1, 0.15) is 16.7 Å². The first-order valence-electron chi connectivity index (χ1n) is 12.6. The van der Waals surface area contributed by atoms with Crippen molar-refractivity contribution in [2.24, 2.45) is 0 Å². The molecule has 0 radical (unpaired) electrons. The van der Waals surface area contributed by atoms with Gasteiger partial charge < -0.3 is 0 Å². The minimum Gasteiger partial charge on any atom is -0.292 e. The third-order valence-corrected chi connectivity index (χ3v) is 8.27. The molecule has 37 heavy (non-hydrogen) atoms. The average molecular weight is 495 g/mol. The molecule has 0 bridgehead atoms. The fourth-order valence-electron chi connectivity index (χ4n) is 5.66. The molecule has 3 heteroatoms. The quantitative estimate of drug-likeness (QED) is 0.239. The normalized spacial score (nSPS) is 11.6. The standard InChI is InChI=1S/C34H26N2S/c1-21-13-14-25-18-28-29(20-37-32(28)19-26(25)15-21)34-35-30-11-7-8-12-31(30)36(34)27-16-22(2)33(23(3)17-27)24-9-5-4-6-10-24/h4-20H,1-3H3. The summed E-state index contributed by atoms with van der Waals surface area (Å²) < 4.78 is 3.63. The lowest BCUT2D eigenvalue weighted by molar-refractivity contribution is 1.10. The summed E-state index contributed by atoms with van der Waals surface area (Å²) in [6, 6.07) is 35.1. The van der Waals surface area contributed by atoms with Crippen molar-refractivity contribution in [3.05, 3.63) is 119 Å². The number of fused-ring (bicyclic) bond motifs is 3. The highest BCUT2D eigenvalue weighted by molar-refractivity contribution is 7.17. The summed E-state index contributed by atoms with van der Waals surface area (Å²) in [4.78, 5) is 5.19. The fourth-order valence-corrected chi connectivity index (χ4v) is 6.63. The van der Waals surface area contributed by atoms with Gasteiger partial charge in [0, 0.05) is 26.7 Å². The predicted octanol–water partition coefficient (Wildman–Crippen LogP) is 9.65. The van der Waals surface area contributed by atoms with Gasteiger partial charge in [0.1, 0.15) is 5.82 Å². The van der Waals surface area contributed by atoms with E-state index in [1.165, 1.54) is 54.2 Å². The van der Waals surface area contributed by atoms with E-state index in [0.29, 0.717) is 0 Å². The van der Waals surface area contributed by atoms with Crippen molar-refractivity contribution < 1.29 is 0 Å². The molecule has 0 fully saturated rings. The van der Waals surface area contributed by atoms with Gasteiger partial charge in [-0.1, -0.05) is 66.2 Å². The van der Waals surface area contributed by atoms with Crippen LogP contribution in [-0.2, 0) is 0 Å². The fraction of sp³-hybridized carbons (Fsp3) is 0.0882. The number of aromatic nitrogens is 2. The highest BCUT2D eigenvalue weighted by Crippen LogP contribution is 2.40. The number of nitrogens with zero attached hydrogens (tertiary/aromatic N) is 2. The van der Waals surface area contributed by atoms with Crippen LogP contribution in [0.15, 0.2) is 102 Å².